The summed E-state index contributed by atoms with van der Waals surface area (Å²) in [5.74, 6) is 0. The van der Waals surface area contributed by atoms with Gasteiger partial charge in [-0.25, -0.2) is 0 Å². The molecular formula is C16H15O3P. The molecule has 3 nitrogen and oxygen atoms in total. The second kappa shape index (κ2) is 6.49. The van der Waals surface area contributed by atoms with Crippen LogP contribution in [0.4, 0.5) is 0 Å². The highest BCUT2D eigenvalue weighted by molar-refractivity contribution is 7.57. The first-order valence-corrected chi connectivity index (χ1v) is 7.73. The summed E-state index contributed by atoms with van der Waals surface area (Å²) in [4.78, 5) is 18.8. The Hall–Kier alpha value is -1.93. The molecule has 0 saturated heterocycles. The van der Waals surface area contributed by atoms with Crippen LogP contribution in [0.2, 0.25) is 0 Å². The average molecular weight is 286 g/mol. The van der Waals surface area contributed by atoms with E-state index in [9.17, 15) is 14.4 Å². The lowest BCUT2D eigenvalue weighted by Gasteiger charge is -2.05. The van der Waals surface area contributed by atoms with Crippen LogP contribution in [0.1, 0.15) is 11.1 Å². The summed E-state index contributed by atoms with van der Waals surface area (Å²) >= 11 is 0. The zero-order chi connectivity index (χ0) is 14.4. The van der Waals surface area contributed by atoms with Crippen LogP contribution in [-0.4, -0.2) is 9.79 Å². The fraction of sp³-hybridized carbons (Fsp3) is 0. The molecule has 0 aromatic heterocycles. The standard InChI is InChI=1S/C16H15O3P/c17-20(18,19)16(13-15-9-5-2-6-10-15)12-11-14-7-3-1-4-8-14/h1-13H,(H2,17,18,19). The minimum atomic E-state index is -4.30. The molecule has 0 fully saturated rings. The van der Waals surface area contributed by atoms with Crippen LogP contribution in [0.3, 0.4) is 0 Å². The maximum absolute atomic E-state index is 11.5. The van der Waals surface area contributed by atoms with Crippen molar-refractivity contribution in [3.05, 3.63) is 83.2 Å². The third-order valence-corrected chi connectivity index (χ3v) is 3.65. The lowest BCUT2D eigenvalue weighted by Crippen LogP contribution is -1.83. The van der Waals surface area contributed by atoms with E-state index >= 15 is 0 Å². The second-order valence-corrected chi connectivity index (χ2v) is 5.87. The van der Waals surface area contributed by atoms with Crippen molar-refractivity contribution in [3.63, 3.8) is 0 Å². The number of benzene rings is 2. The highest BCUT2D eigenvalue weighted by Crippen LogP contribution is 2.46. The van der Waals surface area contributed by atoms with E-state index in [2.05, 4.69) is 0 Å². The molecule has 0 aliphatic rings. The van der Waals surface area contributed by atoms with Gasteiger partial charge in [0.15, 0.2) is 0 Å². The van der Waals surface area contributed by atoms with Gasteiger partial charge in [0.2, 0.25) is 0 Å². The summed E-state index contributed by atoms with van der Waals surface area (Å²) in [7, 11) is -4.30. The number of hydrogen-bond acceptors (Lipinski definition) is 1. The van der Waals surface area contributed by atoms with Crippen molar-refractivity contribution >= 4 is 19.7 Å². The first kappa shape index (κ1) is 14.5. The largest absolute Gasteiger partial charge is 0.356 e. The summed E-state index contributed by atoms with van der Waals surface area (Å²) in [5.41, 5.74) is 1.64. The quantitative estimate of drug-likeness (QED) is 0.661. The molecule has 4 heteroatoms. The maximum atomic E-state index is 11.5. The summed E-state index contributed by atoms with van der Waals surface area (Å²) in [5, 5.41) is -0.00690. The number of allylic oxidation sites excluding steroid dienone is 2. The zero-order valence-corrected chi connectivity index (χ0v) is 11.6. The Morgan fingerprint density at radius 3 is 1.85 bits per heavy atom. The van der Waals surface area contributed by atoms with Crippen molar-refractivity contribution in [1.82, 2.24) is 0 Å². The predicted octanol–water partition coefficient (Wildman–Crippen LogP) is 3.92. The third kappa shape index (κ3) is 4.32. The molecular weight excluding hydrogens is 271 g/mol. The van der Waals surface area contributed by atoms with Gasteiger partial charge in [0.1, 0.15) is 0 Å². The van der Waals surface area contributed by atoms with E-state index in [0.29, 0.717) is 0 Å². The molecule has 2 aromatic rings. The maximum Gasteiger partial charge on any atom is 0.356 e. The Labute approximate surface area is 118 Å². The van der Waals surface area contributed by atoms with E-state index in [1.807, 2.05) is 48.5 Å². The van der Waals surface area contributed by atoms with Gasteiger partial charge in [-0.1, -0.05) is 66.7 Å². The third-order valence-electron chi connectivity index (χ3n) is 2.70. The van der Waals surface area contributed by atoms with Crippen LogP contribution in [0.5, 0.6) is 0 Å². The SMILES string of the molecule is O=P(O)(O)C(C=Cc1ccccc1)=Cc1ccccc1. The van der Waals surface area contributed by atoms with E-state index < -0.39 is 7.60 Å². The minimum absolute atomic E-state index is 0.00690. The molecule has 2 rings (SSSR count). The van der Waals surface area contributed by atoms with Gasteiger partial charge in [-0.3, -0.25) is 4.57 Å². The van der Waals surface area contributed by atoms with Crippen LogP contribution in [0.15, 0.2) is 72.1 Å². The molecule has 2 aromatic carbocycles. The van der Waals surface area contributed by atoms with Crippen LogP contribution in [0, 0.1) is 0 Å². The molecule has 0 atom stereocenters. The van der Waals surface area contributed by atoms with Gasteiger partial charge in [0, 0.05) is 0 Å². The molecule has 2 N–H and O–H groups in total. The number of hydrogen-bond donors (Lipinski definition) is 2. The van der Waals surface area contributed by atoms with Crippen LogP contribution in [-0.2, 0) is 4.57 Å². The van der Waals surface area contributed by atoms with Crippen LogP contribution in [0.25, 0.3) is 12.2 Å². The lowest BCUT2D eigenvalue weighted by atomic mass is 10.2. The highest BCUT2D eigenvalue weighted by Gasteiger charge is 2.17. The normalized spacial score (nSPS) is 12.8. The summed E-state index contributed by atoms with van der Waals surface area (Å²) in [6.07, 6.45) is 4.65. The van der Waals surface area contributed by atoms with Crippen LogP contribution >= 0.6 is 7.60 Å². The molecule has 0 aliphatic heterocycles. The molecule has 0 amide bonds. The Morgan fingerprint density at radius 2 is 1.35 bits per heavy atom. The smallest absolute Gasteiger partial charge is 0.321 e. The van der Waals surface area contributed by atoms with Gasteiger partial charge in [-0.15, -0.1) is 0 Å². The number of rotatable bonds is 4. The molecule has 0 unspecified atom stereocenters. The van der Waals surface area contributed by atoms with Gasteiger partial charge < -0.3 is 9.79 Å². The predicted molar refractivity (Wildman–Crippen MR) is 81.9 cm³/mol. The van der Waals surface area contributed by atoms with Crippen molar-refractivity contribution in [1.29, 1.82) is 0 Å². The first-order chi connectivity index (χ1) is 9.55. The Balaban J connectivity index is 2.33. The molecule has 0 aliphatic carbocycles. The van der Waals surface area contributed by atoms with Crippen molar-refractivity contribution in [3.8, 4) is 0 Å². The van der Waals surface area contributed by atoms with E-state index in [4.69, 9.17) is 0 Å². The van der Waals surface area contributed by atoms with E-state index in [-0.39, 0.29) is 5.31 Å². The fourth-order valence-electron chi connectivity index (χ4n) is 1.70. The first-order valence-electron chi connectivity index (χ1n) is 6.12. The van der Waals surface area contributed by atoms with Crippen molar-refractivity contribution < 1.29 is 14.4 Å². The highest BCUT2D eigenvalue weighted by atomic mass is 31.2. The molecule has 0 saturated carbocycles. The lowest BCUT2D eigenvalue weighted by molar-refractivity contribution is 0.384. The van der Waals surface area contributed by atoms with E-state index in [1.165, 1.54) is 12.2 Å². The molecule has 20 heavy (non-hydrogen) atoms. The van der Waals surface area contributed by atoms with Gasteiger partial charge in [-0.2, -0.15) is 0 Å². The van der Waals surface area contributed by atoms with Gasteiger partial charge >= 0.3 is 7.60 Å². The minimum Gasteiger partial charge on any atom is -0.321 e. The topological polar surface area (TPSA) is 57.5 Å². The van der Waals surface area contributed by atoms with Crippen molar-refractivity contribution in [2.75, 3.05) is 0 Å². The zero-order valence-electron chi connectivity index (χ0n) is 10.8. The molecule has 102 valence electrons. The van der Waals surface area contributed by atoms with Gasteiger partial charge in [-0.05, 0) is 23.3 Å². The van der Waals surface area contributed by atoms with E-state index in [0.717, 1.165) is 11.1 Å². The summed E-state index contributed by atoms with van der Waals surface area (Å²) < 4.78 is 11.5. The summed E-state index contributed by atoms with van der Waals surface area (Å²) in [6, 6.07) is 18.5. The van der Waals surface area contributed by atoms with Crippen molar-refractivity contribution in [2.45, 2.75) is 0 Å². The molecule has 0 bridgehead atoms. The Morgan fingerprint density at radius 1 is 0.850 bits per heavy atom. The fourth-order valence-corrected chi connectivity index (χ4v) is 2.28. The molecule has 0 spiro atoms. The molecule has 0 heterocycles. The van der Waals surface area contributed by atoms with Crippen LogP contribution < -0.4 is 0 Å². The van der Waals surface area contributed by atoms with Gasteiger partial charge in [0.05, 0.1) is 5.31 Å². The second-order valence-electron chi connectivity index (χ2n) is 4.27. The summed E-state index contributed by atoms with van der Waals surface area (Å²) in [6.45, 7) is 0. The monoisotopic (exact) mass is 286 g/mol. The molecule has 0 radical (unpaired) electrons. The van der Waals surface area contributed by atoms with Gasteiger partial charge in [0.25, 0.3) is 0 Å². The Kier molecular flexibility index (Phi) is 4.70. The average Bonchev–Trinajstić information content (AvgIpc) is 2.44. The van der Waals surface area contributed by atoms with Crippen molar-refractivity contribution in [2.24, 2.45) is 0 Å². The Bertz CT molecular complexity index is 655. The van der Waals surface area contributed by atoms with E-state index in [1.54, 1.807) is 18.2 Å².